The van der Waals surface area contributed by atoms with Crippen molar-refractivity contribution in [3.05, 3.63) is 21.0 Å². The lowest BCUT2D eigenvalue weighted by molar-refractivity contribution is 0.628. The molecular formula is C7H8IN5S. The zero-order valence-corrected chi connectivity index (χ0v) is 10.4. The van der Waals surface area contributed by atoms with E-state index in [0.29, 0.717) is 6.54 Å². The summed E-state index contributed by atoms with van der Waals surface area (Å²) >= 11 is 3.79. The third kappa shape index (κ3) is 2.03. The Hall–Kier alpha value is -0.700. The fourth-order valence-corrected chi connectivity index (χ4v) is 2.05. The Bertz CT molecular complexity index is 423. The Kier molecular flexibility index (Phi) is 2.96. The van der Waals surface area contributed by atoms with Gasteiger partial charge in [-0.3, -0.25) is 0 Å². The molecule has 2 rings (SSSR count). The molecule has 2 aromatic heterocycles. The van der Waals surface area contributed by atoms with Crippen molar-refractivity contribution in [2.45, 2.75) is 6.54 Å². The maximum Gasteiger partial charge on any atom is 0.182 e. The van der Waals surface area contributed by atoms with Crippen molar-refractivity contribution in [3.8, 4) is 0 Å². The highest BCUT2D eigenvalue weighted by Gasteiger charge is 2.04. The van der Waals surface area contributed by atoms with Gasteiger partial charge >= 0.3 is 0 Å². The summed E-state index contributed by atoms with van der Waals surface area (Å²) in [4.78, 5) is 4.36. The number of nitrogens with zero attached hydrogens (tertiary/aromatic N) is 4. The van der Waals surface area contributed by atoms with E-state index in [1.54, 1.807) is 17.5 Å². The Labute approximate surface area is 98.7 Å². The van der Waals surface area contributed by atoms with E-state index >= 15 is 0 Å². The topological polar surface area (TPSA) is 55.6 Å². The molecule has 2 aromatic rings. The van der Waals surface area contributed by atoms with Crippen molar-refractivity contribution in [2.24, 2.45) is 0 Å². The van der Waals surface area contributed by atoms with Crippen LogP contribution in [0.3, 0.4) is 0 Å². The van der Waals surface area contributed by atoms with Gasteiger partial charge in [0.2, 0.25) is 0 Å². The molecule has 14 heavy (non-hydrogen) atoms. The van der Waals surface area contributed by atoms with Gasteiger partial charge in [-0.15, -0.1) is 16.4 Å². The number of hydrogen-bond acceptors (Lipinski definition) is 5. The zero-order chi connectivity index (χ0) is 9.97. The minimum Gasteiger partial charge on any atom is -0.365 e. The molecule has 0 spiro atoms. The van der Waals surface area contributed by atoms with Gasteiger partial charge in [0.1, 0.15) is 3.70 Å². The van der Waals surface area contributed by atoms with Gasteiger partial charge in [0.25, 0.3) is 0 Å². The van der Waals surface area contributed by atoms with Gasteiger partial charge in [-0.05, 0) is 22.6 Å². The summed E-state index contributed by atoms with van der Waals surface area (Å²) in [6, 6.07) is 0. The summed E-state index contributed by atoms with van der Waals surface area (Å²) in [7, 11) is 1.86. The van der Waals surface area contributed by atoms with Gasteiger partial charge in [0.05, 0.1) is 18.4 Å². The SMILES string of the molecule is CNc1nc(Cn2nncc2I)cs1. The van der Waals surface area contributed by atoms with E-state index in [2.05, 4.69) is 43.2 Å². The normalized spacial score (nSPS) is 10.4. The fraction of sp³-hybridized carbons (Fsp3) is 0.286. The van der Waals surface area contributed by atoms with Crippen LogP contribution in [0, 0.1) is 3.70 Å². The molecule has 0 aliphatic carbocycles. The number of nitrogens with one attached hydrogen (secondary N) is 1. The fourth-order valence-electron chi connectivity index (χ4n) is 1.00. The van der Waals surface area contributed by atoms with E-state index in [9.17, 15) is 0 Å². The van der Waals surface area contributed by atoms with Crippen LogP contribution in [0.5, 0.6) is 0 Å². The summed E-state index contributed by atoms with van der Waals surface area (Å²) < 4.78 is 2.83. The van der Waals surface area contributed by atoms with Crippen molar-refractivity contribution >= 4 is 39.1 Å². The van der Waals surface area contributed by atoms with E-state index < -0.39 is 0 Å². The second-order valence-corrected chi connectivity index (χ2v) is 4.57. The third-order valence-corrected chi connectivity index (χ3v) is 3.39. The van der Waals surface area contributed by atoms with Crippen LogP contribution in [0.15, 0.2) is 11.6 Å². The van der Waals surface area contributed by atoms with Crippen LogP contribution in [0.4, 0.5) is 5.13 Å². The van der Waals surface area contributed by atoms with Gasteiger partial charge in [0.15, 0.2) is 5.13 Å². The van der Waals surface area contributed by atoms with Crippen LogP contribution in [0.1, 0.15) is 5.69 Å². The molecule has 0 aromatic carbocycles. The molecule has 0 atom stereocenters. The summed E-state index contributed by atoms with van der Waals surface area (Å²) in [5, 5.41) is 13.7. The first-order chi connectivity index (χ1) is 6.79. The van der Waals surface area contributed by atoms with Crippen molar-refractivity contribution in [3.63, 3.8) is 0 Å². The molecule has 1 N–H and O–H groups in total. The van der Waals surface area contributed by atoms with E-state index in [-0.39, 0.29) is 0 Å². The number of hydrogen-bond donors (Lipinski definition) is 1. The molecule has 0 saturated carbocycles. The summed E-state index contributed by atoms with van der Waals surface area (Å²) in [6.45, 7) is 0.677. The monoisotopic (exact) mass is 321 g/mol. The van der Waals surface area contributed by atoms with Crippen molar-refractivity contribution in [1.29, 1.82) is 0 Å². The average molecular weight is 321 g/mol. The summed E-state index contributed by atoms with van der Waals surface area (Å²) in [6.07, 6.45) is 1.73. The summed E-state index contributed by atoms with van der Waals surface area (Å²) in [5.41, 5.74) is 1.00. The predicted octanol–water partition coefficient (Wildman–Crippen LogP) is 1.43. The molecule has 0 fully saturated rings. The molecule has 0 aliphatic heterocycles. The standard InChI is InChI=1S/C7H8IN5S/c1-9-7-11-5(4-14-7)3-13-6(8)2-10-12-13/h2,4H,3H2,1H3,(H,9,11). The van der Waals surface area contributed by atoms with Crippen LogP contribution in [0.25, 0.3) is 0 Å². The lowest BCUT2D eigenvalue weighted by Gasteiger charge is -1.97. The maximum absolute atomic E-state index is 4.36. The van der Waals surface area contributed by atoms with E-state index in [0.717, 1.165) is 14.5 Å². The number of anilines is 1. The van der Waals surface area contributed by atoms with Crippen LogP contribution < -0.4 is 5.32 Å². The lowest BCUT2D eigenvalue weighted by Crippen LogP contribution is -2.04. The predicted molar refractivity (Wildman–Crippen MR) is 63.5 cm³/mol. The first-order valence-corrected chi connectivity index (χ1v) is 5.91. The van der Waals surface area contributed by atoms with Crippen molar-refractivity contribution in [2.75, 3.05) is 12.4 Å². The van der Waals surface area contributed by atoms with Gasteiger partial charge in [0, 0.05) is 12.4 Å². The average Bonchev–Trinajstić information content (AvgIpc) is 2.77. The van der Waals surface area contributed by atoms with Gasteiger partial charge in [-0.1, -0.05) is 5.21 Å². The van der Waals surface area contributed by atoms with Gasteiger partial charge in [-0.25, -0.2) is 9.67 Å². The molecule has 0 aliphatic rings. The first-order valence-electron chi connectivity index (χ1n) is 3.95. The molecule has 0 bridgehead atoms. The van der Waals surface area contributed by atoms with E-state index in [1.165, 1.54) is 0 Å². The van der Waals surface area contributed by atoms with E-state index in [1.807, 2.05) is 17.1 Å². The molecule has 0 amide bonds. The lowest BCUT2D eigenvalue weighted by atomic mass is 10.5. The second kappa shape index (κ2) is 4.22. The molecular weight excluding hydrogens is 313 g/mol. The molecule has 0 unspecified atom stereocenters. The van der Waals surface area contributed by atoms with Crippen LogP contribution in [-0.4, -0.2) is 27.0 Å². The van der Waals surface area contributed by atoms with Crippen LogP contribution in [-0.2, 0) is 6.54 Å². The maximum atomic E-state index is 4.36. The number of thiazole rings is 1. The van der Waals surface area contributed by atoms with Crippen molar-refractivity contribution < 1.29 is 0 Å². The quantitative estimate of drug-likeness (QED) is 0.869. The largest absolute Gasteiger partial charge is 0.365 e. The van der Waals surface area contributed by atoms with Crippen LogP contribution >= 0.6 is 33.9 Å². The third-order valence-electron chi connectivity index (χ3n) is 1.65. The Morgan fingerprint density at radius 3 is 3.07 bits per heavy atom. The zero-order valence-electron chi connectivity index (χ0n) is 7.44. The number of aromatic nitrogens is 4. The Morgan fingerprint density at radius 1 is 1.64 bits per heavy atom. The molecule has 0 saturated heterocycles. The highest BCUT2D eigenvalue weighted by Crippen LogP contribution is 2.15. The number of rotatable bonds is 3. The highest BCUT2D eigenvalue weighted by molar-refractivity contribution is 14.1. The second-order valence-electron chi connectivity index (χ2n) is 2.61. The van der Waals surface area contributed by atoms with Crippen molar-refractivity contribution in [1.82, 2.24) is 20.0 Å². The van der Waals surface area contributed by atoms with Gasteiger partial charge < -0.3 is 5.32 Å². The minimum absolute atomic E-state index is 0.677. The summed E-state index contributed by atoms with van der Waals surface area (Å²) in [5.74, 6) is 0. The molecule has 5 nitrogen and oxygen atoms in total. The molecule has 0 radical (unpaired) electrons. The molecule has 74 valence electrons. The smallest absolute Gasteiger partial charge is 0.182 e. The molecule has 7 heteroatoms. The minimum atomic E-state index is 0.677. The number of halogens is 1. The molecule has 2 heterocycles. The van der Waals surface area contributed by atoms with E-state index in [4.69, 9.17) is 0 Å². The highest BCUT2D eigenvalue weighted by atomic mass is 127. The van der Waals surface area contributed by atoms with Crippen LogP contribution in [0.2, 0.25) is 0 Å². The first kappa shape index (κ1) is 9.84. The Balaban J connectivity index is 2.15. The Morgan fingerprint density at radius 2 is 2.50 bits per heavy atom. The van der Waals surface area contributed by atoms with Gasteiger partial charge in [-0.2, -0.15) is 0 Å².